The maximum Gasteiger partial charge on any atom is 0.136 e. The standard InChI is InChI=1S/C20H36O3S7/c1-6-24-7-9-26-16(11-25-8-10-27-17(2)13-21-17)12-28-20(5,29-18(3)14-22-18)30-19(4)15-23-19/h16H,6-15H2,1-5H3. The molecular weight excluding hydrogens is 513 g/mol. The van der Waals surface area contributed by atoms with E-state index in [1.807, 2.05) is 35.3 Å². The fourth-order valence-electron chi connectivity index (χ4n) is 2.71. The maximum atomic E-state index is 5.72. The van der Waals surface area contributed by atoms with Gasteiger partial charge in [-0.15, -0.1) is 23.5 Å². The molecule has 3 saturated heterocycles. The fourth-order valence-corrected chi connectivity index (χ4v) is 13.3. The number of rotatable bonds is 18. The minimum Gasteiger partial charge on any atom is -0.358 e. The molecule has 0 aliphatic carbocycles. The van der Waals surface area contributed by atoms with Crippen LogP contribution in [0.2, 0.25) is 0 Å². The summed E-state index contributed by atoms with van der Waals surface area (Å²) in [6.07, 6.45) is 0. The lowest BCUT2D eigenvalue weighted by Crippen LogP contribution is -2.24. The van der Waals surface area contributed by atoms with Gasteiger partial charge in [0.1, 0.15) is 18.2 Å². The van der Waals surface area contributed by atoms with Crippen molar-refractivity contribution in [3.63, 3.8) is 0 Å². The predicted octanol–water partition coefficient (Wildman–Crippen LogP) is 6.42. The van der Waals surface area contributed by atoms with E-state index in [9.17, 15) is 0 Å². The van der Waals surface area contributed by atoms with Gasteiger partial charge in [-0.2, -0.15) is 35.3 Å². The van der Waals surface area contributed by atoms with Crippen LogP contribution in [0.5, 0.6) is 0 Å². The molecule has 0 N–H and O–H groups in total. The highest BCUT2D eigenvalue weighted by Gasteiger charge is 2.53. The monoisotopic (exact) mass is 548 g/mol. The number of thioether (sulfide) groups is 7. The zero-order chi connectivity index (χ0) is 21.7. The molecule has 3 nitrogen and oxygen atoms in total. The summed E-state index contributed by atoms with van der Waals surface area (Å²) < 4.78 is 17.0. The Morgan fingerprint density at radius 1 is 0.800 bits per heavy atom. The largest absolute Gasteiger partial charge is 0.358 e. The lowest BCUT2D eigenvalue weighted by atomic mass is 10.5. The SMILES string of the molecule is CCSCCSC(CSCCSC1(C)CO1)CSC(C)(SC1(C)CO1)SC1(C)CO1. The van der Waals surface area contributed by atoms with Crippen molar-refractivity contribution < 1.29 is 14.2 Å². The lowest BCUT2D eigenvalue weighted by molar-refractivity contribution is 0.399. The van der Waals surface area contributed by atoms with E-state index in [2.05, 4.69) is 81.7 Å². The van der Waals surface area contributed by atoms with Crippen LogP contribution in [-0.2, 0) is 14.2 Å². The first-order chi connectivity index (χ1) is 14.2. The van der Waals surface area contributed by atoms with E-state index >= 15 is 0 Å². The molecule has 0 saturated carbocycles. The van der Waals surface area contributed by atoms with Gasteiger partial charge >= 0.3 is 0 Å². The Hall–Kier alpha value is 2.33. The molecule has 0 spiro atoms. The number of epoxide rings is 3. The van der Waals surface area contributed by atoms with Crippen molar-refractivity contribution in [3.8, 4) is 0 Å². The van der Waals surface area contributed by atoms with E-state index < -0.39 is 0 Å². The van der Waals surface area contributed by atoms with E-state index in [1.54, 1.807) is 0 Å². The summed E-state index contributed by atoms with van der Waals surface area (Å²) in [6.45, 7) is 13.9. The van der Waals surface area contributed by atoms with Gasteiger partial charge in [0.25, 0.3) is 0 Å². The van der Waals surface area contributed by atoms with Crippen LogP contribution < -0.4 is 0 Å². The van der Waals surface area contributed by atoms with Crippen LogP contribution in [0.25, 0.3) is 0 Å². The van der Waals surface area contributed by atoms with Crippen LogP contribution in [0, 0.1) is 0 Å². The molecule has 0 bridgehead atoms. The second-order valence-corrected chi connectivity index (χ2v) is 19.8. The Bertz CT molecular complexity index is 518. The molecule has 4 unspecified atom stereocenters. The van der Waals surface area contributed by atoms with Gasteiger partial charge < -0.3 is 14.2 Å². The number of ether oxygens (including phenoxy) is 3. The van der Waals surface area contributed by atoms with Crippen molar-refractivity contribution in [1.29, 1.82) is 0 Å². The molecule has 10 heteroatoms. The van der Waals surface area contributed by atoms with Gasteiger partial charge in [0, 0.05) is 39.8 Å². The van der Waals surface area contributed by atoms with Crippen molar-refractivity contribution >= 4 is 82.3 Å². The molecule has 0 radical (unpaired) electrons. The molecule has 30 heavy (non-hydrogen) atoms. The van der Waals surface area contributed by atoms with Crippen molar-refractivity contribution in [2.45, 2.75) is 58.1 Å². The molecule has 0 aromatic heterocycles. The molecule has 0 aromatic carbocycles. The lowest BCUT2D eigenvalue weighted by Gasteiger charge is -2.32. The third-order valence-corrected chi connectivity index (χ3v) is 15.1. The first-order valence-electron chi connectivity index (χ1n) is 10.5. The second-order valence-electron chi connectivity index (χ2n) is 8.26. The van der Waals surface area contributed by atoms with Crippen molar-refractivity contribution in [3.05, 3.63) is 0 Å². The zero-order valence-electron chi connectivity index (χ0n) is 18.7. The Kier molecular flexibility index (Phi) is 10.6. The van der Waals surface area contributed by atoms with Gasteiger partial charge in [-0.1, -0.05) is 30.4 Å². The van der Waals surface area contributed by atoms with Crippen LogP contribution in [0.1, 0.15) is 34.6 Å². The molecular formula is C20H36O3S7. The second kappa shape index (κ2) is 11.8. The molecule has 0 amide bonds. The van der Waals surface area contributed by atoms with Crippen LogP contribution in [-0.4, -0.2) is 83.6 Å². The predicted molar refractivity (Wildman–Crippen MR) is 148 cm³/mol. The van der Waals surface area contributed by atoms with Crippen LogP contribution in [0.15, 0.2) is 0 Å². The summed E-state index contributed by atoms with van der Waals surface area (Å²) >= 11 is 14.4. The zero-order valence-corrected chi connectivity index (χ0v) is 24.4. The molecule has 3 rings (SSSR count). The third kappa shape index (κ3) is 10.3. The Labute approximate surface area is 213 Å². The van der Waals surface area contributed by atoms with Gasteiger partial charge in [0.05, 0.1) is 19.8 Å². The molecule has 3 aliphatic rings. The summed E-state index contributed by atoms with van der Waals surface area (Å²) in [5.74, 6) is 8.56. The smallest absolute Gasteiger partial charge is 0.136 e. The highest BCUT2D eigenvalue weighted by Crippen LogP contribution is 2.61. The quantitative estimate of drug-likeness (QED) is 0.109. The van der Waals surface area contributed by atoms with Crippen LogP contribution >= 0.6 is 82.3 Å². The minimum absolute atomic E-state index is 0.00658. The van der Waals surface area contributed by atoms with E-state index in [0.717, 1.165) is 19.8 Å². The first kappa shape index (κ1) is 26.9. The summed E-state index contributed by atoms with van der Waals surface area (Å²) in [4.78, 5) is 0.112. The molecule has 3 fully saturated rings. The average Bonchev–Trinajstić information content (AvgIpc) is 3.62. The van der Waals surface area contributed by atoms with E-state index in [1.165, 1.54) is 40.3 Å². The summed E-state index contributed by atoms with van der Waals surface area (Å²) in [5.41, 5.74) is 0. The van der Waals surface area contributed by atoms with Crippen molar-refractivity contribution in [2.24, 2.45) is 0 Å². The van der Waals surface area contributed by atoms with E-state index in [4.69, 9.17) is 14.2 Å². The molecule has 3 heterocycles. The van der Waals surface area contributed by atoms with E-state index in [-0.39, 0.29) is 18.2 Å². The van der Waals surface area contributed by atoms with Gasteiger partial charge in [-0.05, 0) is 33.4 Å². The summed E-state index contributed by atoms with van der Waals surface area (Å²) in [6, 6.07) is 0. The average molecular weight is 549 g/mol. The van der Waals surface area contributed by atoms with Gasteiger partial charge in [0.15, 0.2) is 0 Å². The van der Waals surface area contributed by atoms with E-state index in [0.29, 0.717) is 5.25 Å². The first-order valence-corrected chi connectivity index (χ1v) is 17.5. The summed E-state index contributed by atoms with van der Waals surface area (Å²) in [7, 11) is 0. The van der Waals surface area contributed by atoms with Crippen molar-refractivity contribution in [2.75, 3.05) is 60.1 Å². The Balaban J connectivity index is 1.44. The number of hydrogen-bond acceptors (Lipinski definition) is 10. The number of hydrogen-bond donors (Lipinski definition) is 0. The minimum atomic E-state index is -0.00658. The molecule has 176 valence electrons. The van der Waals surface area contributed by atoms with Crippen LogP contribution in [0.3, 0.4) is 0 Å². The topological polar surface area (TPSA) is 37.6 Å². The molecule has 3 aliphatic heterocycles. The normalized spacial score (nSPS) is 35.1. The van der Waals surface area contributed by atoms with Gasteiger partial charge in [-0.25, -0.2) is 0 Å². The highest BCUT2D eigenvalue weighted by atomic mass is 32.3. The summed E-state index contributed by atoms with van der Waals surface area (Å²) in [5, 5.41) is 0.691. The van der Waals surface area contributed by atoms with Gasteiger partial charge in [-0.3, -0.25) is 0 Å². The fraction of sp³-hybridized carbons (Fsp3) is 1.00. The highest BCUT2D eigenvalue weighted by molar-refractivity contribution is 8.34. The van der Waals surface area contributed by atoms with Gasteiger partial charge in [0.2, 0.25) is 0 Å². The maximum absolute atomic E-state index is 5.72. The third-order valence-electron chi connectivity index (χ3n) is 4.71. The Morgan fingerprint density at radius 3 is 1.90 bits per heavy atom. The molecule has 0 aromatic rings. The molecule has 4 atom stereocenters. The van der Waals surface area contributed by atoms with Crippen molar-refractivity contribution in [1.82, 2.24) is 0 Å². The Morgan fingerprint density at radius 2 is 1.37 bits per heavy atom. The van der Waals surface area contributed by atoms with Crippen LogP contribution in [0.4, 0.5) is 0 Å².